The third-order valence-corrected chi connectivity index (χ3v) is 9.76. The number of hydrogen-bond donors (Lipinski definition) is 0. The average Bonchev–Trinajstić information content (AvgIpc) is 3.60. The normalized spacial score (nSPS) is 11.4. The molecule has 0 unspecified atom stereocenters. The molecule has 2 heterocycles. The molecule has 0 fully saturated rings. The number of fused-ring (bicyclic) bond motifs is 4. The minimum absolute atomic E-state index is 0.703. The first-order valence-electron chi connectivity index (χ1n) is 15.7. The third kappa shape index (κ3) is 5.15. The summed E-state index contributed by atoms with van der Waals surface area (Å²) in [4.78, 5) is 15.3. The Bertz CT molecular complexity index is 2570. The van der Waals surface area contributed by atoms with Crippen molar-refractivity contribution in [1.29, 1.82) is 0 Å². The zero-order valence-corrected chi connectivity index (χ0v) is 26.2. The molecule has 0 amide bonds. The highest BCUT2D eigenvalue weighted by Gasteiger charge is 2.14. The highest BCUT2D eigenvalue weighted by atomic mass is 32.1. The molecule has 47 heavy (non-hydrogen) atoms. The molecule has 9 aromatic rings. The minimum Gasteiger partial charge on any atom is -0.235 e. The van der Waals surface area contributed by atoms with Crippen molar-refractivity contribution >= 4 is 43.1 Å². The zero-order valence-electron chi connectivity index (χ0n) is 25.3. The zero-order chi connectivity index (χ0) is 31.2. The van der Waals surface area contributed by atoms with Gasteiger partial charge in [-0.15, -0.1) is 11.3 Å². The number of thiazole rings is 1. The number of benzene rings is 7. The Labute approximate surface area is 276 Å². The number of rotatable bonds is 5. The first-order chi connectivity index (χ1) is 23.2. The topological polar surface area (TPSA) is 38.7 Å². The van der Waals surface area contributed by atoms with Gasteiger partial charge in [0.1, 0.15) is 5.01 Å². The number of aromatic nitrogens is 3. The minimum atomic E-state index is 0.703. The first-order valence-corrected chi connectivity index (χ1v) is 16.5. The summed E-state index contributed by atoms with van der Waals surface area (Å²) in [5.74, 6) is 0.703. The second-order valence-electron chi connectivity index (χ2n) is 11.7. The molecule has 2 aromatic heterocycles. The molecule has 9 rings (SSSR count). The predicted molar refractivity (Wildman–Crippen MR) is 197 cm³/mol. The van der Waals surface area contributed by atoms with Crippen LogP contribution in [0.2, 0.25) is 0 Å². The molecule has 0 aliphatic carbocycles. The molecule has 220 valence electrons. The van der Waals surface area contributed by atoms with Gasteiger partial charge in [-0.3, -0.25) is 0 Å². The van der Waals surface area contributed by atoms with Gasteiger partial charge in [-0.25, -0.2) is 15.0 Å². The monoisotopic (exact) mass is 617 g/mol. The van der Waals surface area contributed by atoms with E-state index in [1.165, 1.54) is 26.2 Å². The fraction of sp³-hybridized carbons (Fsp3) is 0. The van der Waals surface area contributed by atoms with Crippen LogP contribution in [0.1, 0.15) is 0 Å². The molecule has 0 aliphatic heterocycles. The van der Waals surface area contributed by atoms with Gasteiger partial charge >= 0.3 is 0 Å². The molecule has 0 bridgehead atoms. The van der Waals surface area contributed by atoms with E-state index in [1.807, 2.05) is 12.1 Å². The lowest BCUT2D eigenvalue weighted by Crippen LogP contribution is -1.96. The second-order valence-corrected chi connectivity index (χ2v) is 12.7. The Hall–Kier alpha value is -5.97. The van der Waals surface area contributed by atoms with Crippen molar-refractivity contribution in [3.8, 4) is 55.6 Å². The first kappa shape index (κ1) is 27.3. The summed E-state index contributed by atoms with van der Waals surface area (Å²) in [6.45, 7) is 0. The molecule has 0 atom stereocenters. The lowest BCUT2D eigenvalue weighted by Gasteiger charge is -2.11. The maximum absolute atomic E-state index is 5.13. The van der Waals surface area contributed by atoms with Gasteiger partial charge in [-0.1, -0.05) is 133 Å². The van der Waals surface area contributed by atoms with E-state index in [9.17, 15) is 0 Å². The molecule has 0 radical (unpaired) electrons. The average molecular weight is 618 g/mol. The molecular weight excluding hydrogens is 591 g/mol. The highest BCUT2D eigenvalue weighted by Crippen LogP contribution is 2.36. The Balaban J connectivity index is 1.13. The molecule has 0 saturated heterocycles. The largest absolute Gasteiger partial charge is 0.235 e. The summed E-state index contributed by atoms with van der Waals surface area (Å²) < 4.78 is 1.20. The van der Waals surface area contributed by atoms with Crippen LogP contribution >= 0.6 is 11.3 Å². The van der Waals surface area contributed by atoms with Gasteiger partial charge < -0.3 is 0 Å². The van der Waals surface area contributed by atoms with Crippen molar-refractivity contribution in [3.63, 3.8) is 0 Å². The van der Waals surface area contributed by atoms with Crippen molar-refractivity contribution in [1.82, 2.24) is 15.0 Å². The Morgan fingerprint density at radius 3 is 1.81 bits per heavy atom. The Kier molecular flexibility index (Phi) is 6.65. The van der Waals surface area contributed by atoms with Crippen LogP contribution in [0.3, 0.4) is 0 Å². The van der Waals surface area contributed by atoms with Gasteiger partial charge in [-0.05, 0) is 57.6 Å². The molecule has 0 aliphatic rings. The fourth-order valence-corrected chi connectivity index (χ4v) is 7.26. The van der Waals surface area contributed by atoms with E-state index in [0.717, 1.165) is 55.3 Å². The van der Waals surface area contributed by atoms with E-state index in [1.54, 1.807) is 11.3 Å². The third-order valence-electron chi connectivity index (χ3n) is 8.69. The maximum Gasteiger partial charge on any atom is 0.160 e. The lowest BCUT2D eigenvalue weighted by atomic mass is 9.99. The van der Waals surface area contributed by atoms with E-state index in [2.05, 4.69) is 152 Å². The molecule has 3 nitrogen and oxygen atoms in total. The van der Waals surface area contributed by atoms with Crippen molar-refractivity contribution < 1.29 is 0 Å². The quantitative estimate of drug-likeness (QED) is 0.193. The van der Waals surface area contributed by atoms with E-state index in [4.69, 9.17) is 15.0 Å². The van der Waals surface area contributed by atoms with E-state index < -0.39 is 0 Å². The van der Waals surface area contributed by atoms with Gasteiger partial charge in [0, 0.05) is 27.6 Å². The van der Waals surface area contributed by atoms with Crippen molar-refractivity contribution in [2.75, 3.05) is 0 Å². The smallest absolute Gasteiger partial charge is 0.160 e. The summed E-state index contributed by atoms with van der Waals surface area (Å²) in [6.07, 6.45) is 0. The summed E-state index contributed by atoms with van der Waals surface area (Å²) in [5, 5.41) is 5.79. The molecule has 0 N–H and O–H groups in total. The predicted octanol–water partition coefficient (Wildman–Crippen LogP) is 11.7. The van der Waals surface area contributed by atoms with Crippen LogP contribution in [0.5, 0.6) is 0 Å². The molecule has 0 spiro atoms. The van der Waals surface area contributed by atoms with Crippen molar-refractivity contribution in [2.45, 2.75) is 0 Å². The van der Waals surface area contributed by atoms with E-state index in [-0.39, 0.29) is 0 Å². The standard InChI is InChI=1S/C43H27N3S/c1-3-11-29(12-4-1)38-27-39(35-19-18-28-10-7-8-15-31(28)25-35)45-42(44-38)36-17-9-16-32(26-36)33-20-22-37-34(24-33)21-23-40-41(37)46-43(47-40)30-13-5-2-6-14-30/h1-27H. The highest BCUT2D eigenvalue weighted by molar-refractivity contribution is 7.21. The summed E-state index contributed by atoms with van der Waals surface area (Å²) >= 11 is 1.74. The maximum atomic E-state index is 5.13. The van der Waals surface area contributed by atoms with Crippen molar-refractivity contribution in [3.05, 3.63) is 164 Å². The molecule has 7 aromatic carbocycles. The van der Waals surface area contributed by atoms with E-state index in [0.29, 0.717) is 5.82 Å². The van der Waals surface area contributed by atoms with Crippen molar-refractivity contribution in [2.24, 2.45) is 0 Å². The lowest BCUT2D eigenvalue weighted by molar-refractivity contribution is 1.18. The van der Waals surface area contributed by atoms with Crippen LogP contribution in [0.25, 0.3) is 87.4 Å². The van der Waals surface area contributed by atoms with Gasteiger partial charge in [0.15, 0.2) is 5.82 Å². The Morgan fingerprint density at radius 2 is 0.979 bits per heavy atom. The van der Waals surface area contributed by atoms with Crippen LogP contribution in [0, 0.1) is 0 Å². The van der Waals surface area contributed by atoms with Gasteiger partial charge in [0.2, 0.25) is 0 Å². The number of hydrogen-bond acceptors (Lipinski definition) is 4. The van der Waals surface area contributed by atoms with Gasteiger partial charge in [-0.2, -0.15) is 0 Å². The van der Waals surface area contributed by atoms with Crippen LogP contribution in [-0.4, -0.2) is 15.0 Å². The van der Waals surface area contributed by atoms with Gasteiger partial charge in [0.25, 0.3) is 0 Å². The van der Waals surface area contributed by atoms with Crippen LogP contribution < -0.4 is 0 Å². The second kappa shape index (κ2) is 11.4. The SMILES string of the molecule is c1ccc(-c2cc(-c3ccc4ccccc4c3)nc(-c3cccc(-c4ccc5c(ccc6sc(-c7ccccc7)nc65)c4)c3)n2)cc1. The molecular formula is C43H27N3S. The summed E-state index contributed by atoms with van der Waals surface area (Å²) in [7, 11) is 0. The Morgan fingerprint density at radius 1 is 0.362 bits per heavy atom. The van der Waals surface area contributed by atoms with Crippen LogP contribution in [-0.2, 0) is 0 Å². The van der Waals surface area contributed by atoms with Crippen LogP contribution in [0.15, 0.2) is 164 Å². The fourth-order valence-electron chi connectivity index (χ4n) is 6.27. The van der Waals surface area contributed by atoms with Crippen LogP contribution in [0.4, 0.5) is 0 Å². The molecule has 4 heteroatoms. The van der Waals surface area contributed by atoms with Gasteiger partial charge in [0.05, 0.1) is 21.6 Å². The van der Waals surface area contributed by atoms with E-state index >= 15 is 0 Å². The number of nitrogens with zero attached hydrogens (tertiary/aromatic N) is 3. The summed E-state index contributed by atoms with van der Waals surface area (Å²) in [6, 6.07) is 57.4. The summed E-state index contributed by atoms with van der Waals surface area (Å²) in [5.41, 5.74) is 9.38. The molecule has 0 saturated carbocycles.